The Morgan fingerprint density at radius 1 is 1.00 bits per heavy atom. The Morgan fingerprint density at radius 2 is 1.69 bits per heavy atom. The maximum atomic E-state index is 13.5. The second-order valence-corrected chi connectivity index (χ2v) is 9.65. The van der Waals surface area contributed by atoms with Gasteiger partial charge in [-0.05, 0) is 91.1 Å². The number of allylic oxidation sites excluding steroid dienone is 1. The lowest BCUT2D eigenvalue weighted by molar-refractivity contribution is -0.122. The van der Waals surface area contributed by atoms with Crippen molar-refractivity contribution in [1.82, 2.24) is 5.32 Å². The predicted molar refractivity (Wildman–Crippen MR) is 159 cm³/mol. The Hall–Kier alpha value is -3.94. The number of carbonyl (C=O) groups is 2. The Bertz CT molecular complexity index is 1430. The summed E-state index contributed by atoms with van der Waals surface area (Å²) < 4.78 is 12.1. The number of anilines is 1. The van der Waals surface area contributed by atoms with Gasteiger partial charge in [-0.3, -0.25) is 19.8 Å². The standard InChI is InChI=1S/C31H29ClN2O4S/c1-4-7-23-16-22(18-27(37-6-3)28(23)38-19-21-8-12-24(32)13-9-21)17-26-29(35)33-31(39)34(30(26)36)25-14-10-20(5-2)11-15-25/h4,8-18H,1,5-7,19H2,2-3H3,(H,33,35,39)/b26-17+. The summed E-state index contributed by atoms with van der Waals surface area (Å²) in [5.41, 5.74) is 4.05. The lowest BCUT2D eigenvalue weighted by Crippen LogP contribution is -2.54. The fourth-order valence-corrected chi connectivity index (χ4v) is 4.58. The number of hydrogen-bond donors (Lipinski definition) is 1. The number of ether oxygens (including phenoxy) is 2. The summed E-state index contributed by atoms with van der Waals surface area (Å²) in [4.78, 5) is 27.7. The van der Waals surface area contributed by atoms with Crippen LogP contribution in [0.2, 0.25) is 5.02 Å². The molecule has 39 heavy (non-hydrogen) atoms. The first-order chi connectivity index (χ1) is 18.8. The van der Waals surface area contributed by atoms with Crippen LogP contribution in [0.3, 0.4) is 0 Å². The third-order valence-electron chi connectivity index (χ3n) is 6.13. The Kier molecular flexibility index (Phi) is 9.17. The molecule has 0 aliphatic carbocycles. The number of halogens is 1. The molecule has 0 unspecified atom stereocenters. The van der Waals surface area contributed by atoms with Gasteiger partial charge in [-0.1, -0.05) is 48.9 Å². The minimum atomic E-state index is -0.558. The molecular weight excluding hydrogens is 532 g/mol. The Balaban J connectivity index is 1.70. The van der Waals surface area contributed by atoms with Crippen molar-refractivity contribution >= 4 is 52.5 Å². The molecule has 0 aromatic heterocycles. The van der Waals surface area contributed by atoms with E-state index in [0.29, 0.717) is 47.4 Å². The van der Waals surface area contributed by atoms with E-state index >= 15 is 0 Å². The van der Waals surface area contributed by atoms with E-state index in [1.54, 1.807) is 18.2 Å². The number of amides is 2. The van der Waals surface area contributed by atoms with Crippen molar-refractivity contribution in [3.63, 3.8) is 0 Å². The van der Waals surface area contributed by atoms with Crippen molar-refractivity contribution in [3.8, 4) is 11.5 Å². The zero-order valence-electron chi connectivity index (χ0n) is 21.8. The maximum Gasteiger partial charge on any atom is 0.270 e. The highest BCUT2D eigenvalue weighted by atomic mass is 35.5. The van der Waals surface area contributed by atoms with Gasteiger partial charge in [-0.15, -0.1) is 6.58 Å². The molecule has 200 valence electrons. The van der Waals surface area contributed by atoms with Gasteiger partial charge in [0.05, 0.1) is 12.3 Å². The van der Waals surface area contributed by atoms with Crippen LogP contribution in [0.5, 0.6) is 11.5 Å². The predicted octanol–water partition coefficient (Wildman–Crippen LogP) is 6.44. The van der Waals surface area contributed by atoms with Crippen LogP contribution in [-0.4, -0.2) is 23.5 Å². The molecule has 8 heteroatoms. The van der Waals surface area contributed by atoms with Gasteiger partial charge in [-0.2, -0.15) is 0 Å². The van der Waals surface area contributed by atoms with Gasteiger partial charge in [0, 0.05) is 10.6 Å². The molecule has 1 aliphatic rings. The van der Waals surface area contributed by atoms with Crippen molar-refractivity contribution in [2.45, 2.75) is 33.3 Å². The zero-order chi connectivity index (χ0) is 27.9. The first-order valence-corrected chi connectivity index (χ1v) is 13.4. The van der Waals surface area contributed by atoms with Crippen molar-refractivity contribution in [1.29, 1.82) is 0 Å². The summed E-state index contributed by atoms with van der Waals surface area (Å²) in [6.07, 6.45) is 4.67. The highest BCUT2D eigenvalue weighted by Gasteiger charge is 2.34. The minimum Gasteiger partial charge on any atom is -0.490 e. The topological polar surface area (TPSA) is 67.9 Å². The molecule has 2 amide bonds. The monoisotopic (exact) mass is 560 g/mol. The molecule has 0 atom stereocenters. The third-order valence-corrected chi connectivity index (χ3v) is 6.67. The molecule has 0 spiro atoms. The molecule has 0 radical (unpaired) electrons. The number of thiocarbonyl (C=S) groups is 1. The smallest absolute Gasteiger partial charge is 0.270 e. The summed E-state index contributed by atoms with van der Waals surface area (Å²) >= 11 is 11.3. The number of hydrogen-bond acceptors (Lipinski definition) is 5. The first-order valence-electron chi connectivity index (χ1n) is 12.6. The molecular formula is C31H29ClN2O4S. The van der Waals surface area contributed by atoms with Gasteiger partial charge in [-0.25, -0.2) is 0 Å². The molecule has 1 heterocycles. The van der Waals surface area contributed by atoms with Crippen LogP contribution in [0.25, 0.3) is 6.08 Å². The van der Waals surface area contributed by atoms with E-state index in [-0.39, 0.29) is 10.7 Å². The van der Waals surface area contributed by atoms with E-state index in [1.165, 1.54) is 4.90 Å². The SMILES string of the molecule is C=CCc1cc(/C=C2\C(=O)NC(=S)N(c3ccc(CC)cc3)C2=O)cc(OCC)c1OCc1ccc(Cl)cc1. The second kappa shape index (κ2) is 12.7. The fraction of sp³-hybridized carbons (Fsp3) is 0.194. The van der Waals surface area contributed by atoms with Crippen LogP contribution in [0, 0.1) is 0 Å². The molecule has 4 rings (SSSR count). The molecule has 0 bridgehead atoms. The van der Waals surface area contributed by atoms with E-state index in [9.17, 15) is 9.59 Å². The van der Waals surface area contributed by atoms with Crippen LogP contribution in [0.4, 0.5) is 5.69 Å². The Morgan fingerprint density at radius 3 is 2.33 bits per heavy atom. The van der Waals surface area contributed by atoms with E-state index in [2.05, 4.69) is 18.8 Å². The normalized spacial score (nSPS) is 14.4. The highest BCUT2D eigenvalue weighted by molar-refractivity contribution is 7.80. The van der Waals surface area contributed by atoms with Gasteiger partial charge in [0.1, 0.15) is 12.2 Å². The summed E-state index contributed by atoms with van der Waals surface area (Å²) in [5.74, 6) is 0.0213. The van der Waals surface area contributed by atoms with E-state index in [1.807, 2.05) is 61.5 Å². The zero-order valence-corrected chi connectivity index (χ0v) is 23.4. The molecule has 1 fully saturated rings. The molecule has 1 aliphatic heterocycles. The minimum absolute atomic E-state index is 0.0370. The summed E-state index contributed by atoms with van der Waals surface area (Å²) in [5, 5.41) is 3.33. The number of carbonyl (C=O) groups excluding carboxylic acids is 2. The molecule has 3 aromatic carbocycles. The van der Waals surface area contributed by atoms with Crippen LogP contribution < -0.4 is 19.7 Å². The van der Waals surface area contributed by atoms with Crippen molar-refractivity contribution in [2.24, 2.45) is 0 Å². The van der Waals surface area contributed by atoms with Crippen LogP contribution >= 0.6 is 23.8 Å². The summed E-state index contributed by atoms with van der Waals surface area (Å²) in [6, 6.07) is 18.5. The van der Waals surface area contributed by atoms with Crippen molar-refractivity contribution in [3.05, 3.63) is 106 Å². The molecule has 1 saturated heterocycles. The quantitative estimate of drug-likeness (QED) is 0.134. The molecule has 1 N–H and O–H groups in total. The lowest BCUT2D eigenvalue weighted by Gasteiger charge is -2.29. The largest absolute Gasteiger partial charge is 0.490 e. The summed E-state index contributed by atoms with van der Waals surface area (Å²) in [6.45, 7) is 8.51. The van der Waals surface area contributed by atoms with Crippen molar-refractivity contribution < 1.29 is 19.1 Å². The number of aryl methyl sites for hydroxylation is 1. The fourth-order valence-electron chi connectivity index (χ4n) is 4.18. The lowest BCUT2D eigenvalue weighted by atomic mass is 10.0. The molecule has 0 saturated carbocycles. The third kappa shape index (κ3) is 6.56. The van der Waals surface area contributed by atoms with Gasteiger partial charge in [0.25, 0.3) is 11.8 Å². The number of benzene rings is 3. The molecule has 6 nitrogen and oxygen atoms in total. The van der Waals surface area contributed by atoms with Crippen LogP contribution in [0.15, 0.2) is 78.9 Å². The maximum absolute atomic E-state index is 13.5. The van der Waals surface area contributed by atoms with E-state index in [0.717, 1.165) is 23.1 Å². The summed E-state index contributed by atoms with van der Waals surface area (Å²) in [7, 11) is 0. The second-order valence-electron chi connectivity index (χ2n) is 8.83. The van der Waals surface area contributed by atoms with Gasteiger partial charge in [0.2, 0.25) is 0 Å². The van der Waals surface area contributed by atoms with E-state index in [4.69, 9.17) is 33.3 Å². The van der Waals surface area contributed by atoms with E-state index < -0.39 is 11.8 Å². The van der Waals surface area contributed by atoms with Gasteiger partial charge >= 0.3 is 0 Å². The number of nitrogens with one attached hydrogen (secondary N) is 1. The first kappa shape index (κ1) is 28.1. The van der Waals surface area contributed by atoms with Gasteiger partial charge in [0.15, 0.2) is 16.6 Å². The number of rotatable bonds is 10. The average molecular weight is 561 g/mol. The van der Waals surface area contributed by atoms with Crippen LogP contribution in [-0.2, 0) is 29.0 Å². The van der Waals surface area contributed by atoms with Crippen molar-refractivity contribution in [2.75, 3.05) is 11.5 Å². The average Bonchev–Trinajstić information content (AvgIpc) is 2.92. The van der Waals surface area contributed by atoms with Crippen LogP contribution in [0.1, 0.15) is 36.1 Å². The van der Waals surface area contributed by atoms with Gasteiger partial charge < -0.3 is 9.47 Å². The Labute approximate surface area is 238 Å². The molecule has 3 aromatic rings. The highest BCUT2D eigenvalue weighted by Crippen LogP contribution is 2.36. The number of nitrogens with zero attached hydrogens (tertiary/aromatic N) is 1.